The molecule has 0 saturated carbocycles. The standard InChI is InChI=1S/C13H17N3O/c1-2-3-10-16(11-4-9-14)13-7-5-12(15-17)6-8-13/h5-8H,2-4,10-11H2,1H3. The molecule has 0 bridgehead atoms. The van der Waals surface area contributed by atoms with Crippen LogP contribution in [0.3, 0.4) is 0 Å². The van der Waals surface area contributed by atoms with Crippen molar-refractivity contribution in [1.29, 1.82) is 5.26 Å². The summed E-state index contributed by atoms with van der Waals surface area (Å²) in [6, 6.07) is 9.32. The van der Waals surface area contributed by atoms with Crippen LogP contribution in [0.25, 0.3) is 0 Å². The molecule has 0 aliphatic rings. The smallest absolute Gasteiger partial charge is 0.108 e. The third-order valence-electron chi connectivity index (χ3n) is 2.60. The van der Waals surface area contributed by atoms with Gasteiger partial charge < -0.3 is 4.90 Å². The highest BCUT2D eigenvalue weighted by Crippen LogP contribution is 2.20. The van der Waals surface area contributed by atoms with E-state index in [1.807, 2.05) is 12.1 Å². The maximum atomic E-state index is 10.3. The van der Waals surface area contributed by atoms with Crippen LogP contribution in [-0.4, -0.2) is 13.1 Å². The van der Waals surface area contributed by atoms with E-state index >= 15 is 0 Å². The predicted molar refractivity (Wildman–Crippen MR) is 69.2 cm³/mol. The van der Waals surface area contributed by atoms with E-state index in [0.29, 0.717) is 12.1 Å². The summed E-state index contributed by atoms with van der Waals surface area (Å²) < 4.78 is 0. The van der Waals surface area contributed by atoms with Crippen LogP contribution in [0.1, 0.15) is 26.2 Å². The van der Waals surface area contributed by atoms with Crippen LogP contribution in [0.5, 0.6) is 0 Å². The summed E-state index contributed by atoms with van der Waals surface area (Å²) in [5.41, 5.74) is 1.48. The monoisotopic (exact) mass is 231 g/mol. The first-order valence-electron chi connectivity index (χ1n) is 5.87. The zero-order chi connectivity index (χ0) is 12.5. The maximum Gasteiger partial charge on any atom is 0.108 e. The lowest BCUT2D eigenvalue weighted by Crippen LogP contribution is -2.25. The molecule has 0 N–H and O–H groups in total. The molecule has 0 aliphatic heterocycles. The Morgan fingerprint density at radius 1 is 1.29 bits per heavy atom. The Labute approximate surface area is 102 Å². The van der Waals surface area contributed by atoms with Crippen molar-refractivity contribution < 1.29 is 0 Å². The number of unbranched alkanes of at least 4 members (excludes halogenated alkanes) is 1. The van der Waals surface area contributed by atoms with Crippen molar-refractivity contribution in [2.75, 3.05) is 18.0 Å². The summed E-state index contributed by atoms with van der Waals surface area (Å²) in [5.74, 6) is 0. The van der Waals surface area contributed by atoms with Crippen molar-refractivity contribution in [3.8, 4) is 6.07 Å². The molecule has 0 unspecified atom stereocenters. The lowest BCUT2D eigenvalue weighted by Gasteiger charge is -2.23. The molecule has 0 saturated heterocycles. The second-order valence-corrected chi connectivity index (χ2v) is 3.86. The molecule has 1 aromatic carbocycles. The Balaban J connectivity index is 2.72. The van der Waals surface area contributed by atoms with Gasteiger partial charge in [-0.3, -0.25) is 0 Å². The fourth-order valence-corrected chi connectivity index (χ4v) is 1.63. The number of nitroso groups, excluding NO2 is 1. The first kappa shape index (κ1) is 13.2. The van der Waals surface area contributed by atoms with Crippen LogP contribution in [0.15, 0.2) is 29.4 Å². The quantitative estimate of drug-likeness (QED) is 0.673. The van der Waals surface area contributed by atoms with Gasteiger partial charge in [-0.15, -0.1) is 4.91 Å². The molecule has 0 amide bonds. The Morgan fingerprint density at radius 2 is 2.00 bits per heavy atom. The van der Waals surface area contributed by atoms with E-state index in [2.05, 4.69) is 23.1 Å². The number of rotatable bonds is 7. The predicted octanol–water partition coefficient (Wildman–Crippen LogP) is 3.60. The van der Waals surface area contributed by atoms with Crippen LogP contribution in [0.2, 0.25) is 0 Å². The largest absolute Gasteiger partial charge is 0.371 e. The average Bonchev–Trinajstić information content (AvgIpc) is 2.39. The van der Waals surface area contributed by atoms with Crippen LogP contribution in [0, 0.1) is 16.2 Å². The Hall–Kier alpha value is -1.89. The highest BCUT2D eigenvalue weighted by Gasteiger charge is 2.05. The van der Waals surface area contributed by atoms with E-state index in [1.165, 1.54) is 0 Å². The van der Waals surface area contributed by atoms with Crippen molar-refractivity contribution in [3.05, 3.63) is 29.2 Å². The molecule has 0 spiro atoms. The Morgan fingerprint density at radius 3 is 2.53 bits per heavy atom. The minimum Gasteiger partial charge on any atom is -0.371 e. The number of nitriles is 1. The molecule has 17 heavy (non-hydrogen) atoms. The number of hydrogen-bond acceptors (Lipinski definition) is 4. The first-order valence-corrected chi connectivity index (χ1v) is 5.87. The van der Waals surface area contributed by atoms with Gasteiger partial charge in [0.2, 0.25) is 0 Å². The highest BCUT2D eigenvalue weighted by atomic mass is 16.3. The van der Waals surface area contributed by atoms with Gasteiger partial charge in [-0.05, 0) is 35.9 Å². The Kier molecular flexibility index (Phi) is 5.73. The van der Waals surface area contributed by atoms with Crippen LogP contribution in [0.4, 0.5) is 11.4 Å². The summed E-state index contributed by atoms with van der Waals surface area (Å²) in [7, 11) is 0. The third-order valence-corrected chi connectivity index (χ3v) is 2.60. The summed E-state index contributed by atoms with van der Waals surface area (Å²) in [5, 5.41) is 11.5. The molecule has 1 rings (SSSR count). The molecule has 0 atom stereocenters. The van der Waals surface area contributed by atoms with Gasteiger partial charge in [-0.1, -0.05) is 13.3 Å². The van der Waals surface area contributed by atoms with Crippen LogP contribution < -0.4 is 4.90 Å². The number of nitrogens with zero attached hydrogens (tertiary/aromatic N) is 3. The molecule has 0 radical (unpaired) electrons. The fraction of sp³-hybridized carbons (Fsp3) is 0.462. The normalized spacial score (nSPS) is 9.65. The lowest BCUT2D eigenvalue weighted by molar-refractivity contribution is 0.718. The number of hydrogen-bond donors (Lipinski definition) is 0. The van der Waals surface area contributed by atoms with E-state index in [4.69, 9.17) is 5.26 Å². The average molecular weight is 231 g/mol. The van der Waals surface area contributed by atoms with E-state index in [-0.39, 0.29) is 0 Å². The van der Waals surface area contributed by atoms with Crippen molar-refractivity contribution >= 4 is 11.4 Å². The van der Waals surface area contributed by atoms with Crippen molar-refractivity contribution in [3.63, 3.8) is 0 Å². The summed E-state index contributed by atoms with van der Waals surface area (Å²) >= 11 is 0. The molecule has 90 valence electrons. The van der Waals surface area contributed by atoms with Crippen molar-refractivity contribution in [2.24, 2.45) is 5.18 Å². The number of benzene rings is 1. The molecule has 4 heteroatoms. The molecule has 4 nitrogen and oxygen atoms in total. The molecule has 0 fully saturated rings. The molecular formula is C13H17N3O. The van der Waals surface area contributed by atoms with Crippen LogP contribution in [-0.2, 0) is 0 Å². The zero-order valence-electron chi connectivity index (χ0n) is 10.1. The van der Waals surface area contributed by atoms with E-state index < -0.39 is 0 Å². The van der Waals surface area contributed by atoms with E-state index in [9.17, 15) is 4.91 Å². The first-order chi connectivity index (χ1) is 8.31. The minimum atomic E-state index is 0.435. The second-order valence-electron chi connectivity index (χ2n) is 3.86. The zero-order valence-corrected chi connectivity index (χ0v) is 10.1. The van der Waals surface area contributed by atoms with Crippen molar-refractivity contribution in [2.45, 2.75) is 26.2 Å². The summed E-state index contributed by atoms with van der Waals surface area (Å²) in [6.07, 6.45) is 2.73. The maximum absolute atomic E-state index is 10.3. The molecule has 1 aromatic rings. The molecule has 0 aliphatic carbocycles. The SMILES string of the molecule is CCCCN(CCC#N)c1ccc(N=O)cc1. The van der Waals surface area contributed by atoms with Gasteiger partial charge in [0.25, 0.3) is 0 Å². The minimum absolute atomic E-state index is 0.435. The van der Waals surface area contributed by atoms with Gasteiger partial charge in [-0.2, -0.15) is 5.26 Å². The van der Waals surface area contributed by atoms with Crippen LogP contribution >= 0.6 is 0 Å². The third kappa shape index (κ3) is 4.23. The lowest BCUT2D eigenvalue weighted by atomic mass is 10.2. The van der Waals surface area contributed by atoms with Crippen molar-refractivity contribution in [1.82, 2.24) is 0 Å². The van der Waals surface area contributed by atoms with Gasteiger partial charge in [0.05, 0.1) is 12.5 Å². The fourth-order valence-electron chi connectivity index (χ4n) is 1.63. The van der Waals surface area contributed by atoms with Gasteiger partial charge in [0.15, 0.2) is 0 Å². The molecular weight excluding hydrogens is 214 g/mol. The van der Waals surface area contributed by atoms with Gasteiger partial charge in [-0.25, -0.2) is 0 Å². The van der Waals surface area contributed by atoms with Gasteiger partial charge >= 0.3 is 0 Å². The highest BCUT2D eigenvalue weighted by molar-refractivity contribution is 5.52. The topological polar surface area (TPSA) is 56.5 Å². The number of anilines is 1. The van der Waals surface area contributed by atoms with E-state index in [1.54, 1.807) is 12.1 Å². The summed E-state index contributed by atoms with van der Waals surface area (Å²) in [6.45, 7) is 3.80. The Bertz CT molecular complexity index is 381. The van der Waals surface area contributed by atoms with Gasteiger partial charge in [0, 0.05) is 18.8 Å². The van der Waals surface area contributed by atoms with Gasteiger partial charge in [0.1, 0.15) is 5.69 Å². The summed E-state index contributed by atoms with van der Waals surface area (Å²) in [4.78, 5) is 12.5. The van der Waals surface area contributed by atoms with E-state index in [0.717, 1.165) is 31.6 Å². The second kappa shape index (κ2) is 7.39. The molecule has 0 aromatic heterocycles. The molecule has 0 heterocycles.